The van der Waals surface area contributed by atoms with E-state index in [1.807, 2.05) is 66.2 Å². The molecule has 3 heterocycles. The fraction of sp³-hybridized carbons (Fsp3) is 0.222. The van der Waals surface area contributed by atoms with Gasteiger partial charge in [-0.2, -0.15) is 5.26 Å². The van der Waals surface area contributed by atoms with Crippen LogP contribution in [0, 0.1) is 18.3 Å². The maximum absolute atomic E-state index is 13.0. The third-order valence-electron chi connectivity index (χ3n) is 6.38. The summed E-state index contributed by atoms with van der Waals surface area (Å²) in [4.78, 5) is 22.1. The maximum Gasteiger partial charge on any atom is 0.207 e. The van der Waals surface area contributed by atoms with Gasteiger partial charge in [0.15, 0.2) is 0 Å². The second-order valence-corrected chi connectivity index (χ2v) is 8.99. The molecule has 0 bridgehead atoms. The molecule has 0 radical (unpaired) electrons. The highest BCUT2D eigenvalue weighted by Crippen LogP contribution is 2.28. The van der Waals surface area contributed by atoms with Crippen LogP contribution in [0.4, 0.5) is 11.5 Å². The normalized spacial score (nSPS) is 13.8. The first-order valence-corrected chi connectivity index (χ1v) is 11.6. The van der Waals surface area contributed by atoms with E-state index < -0.39 is 0 Å². The standard InChI is InChI=1S/C27H24ClN5O/c1-19-14-23-25(15-24(19)31-10-12-32(13-11-31)26-4-2-3-9-30-26)33(18-21(16-29)27(23)34)17-20-5-7-22(28)8-6-20/h2-9,14-15,18H,10-13,17H2,1H3. The van der Waals surface area contributed by atoms with Crippen LogP contribution in [0.2, 0.25) is 5.02 Å². The van der Waals surface area contributed by atoms with Gasteiger partial charge in [-0.1, -0.05) is 29.8 Å². The van der Waals surface area contributed by atoms with Gasteiger partial charge in [0, 0.05) is 61.2 Å². The molecule has 0 aliphatic carbocycles. The van der Waals surface area contributed by atoms with Crippen molar-refractivity contribution in [3.63, 3.8) is 0 Å². The van der Waals surface area contributed by atoms with E-state index >= 15 is 0 Å². The third kappa shape index (κ3) is 4.23. The lowest BCUT2D eigenvalue weighted by molar-refractivity contribution is 0.646. The molecule has 0 amide bonds. The van der Waals surface area contributed by atoms with Gasteiger partial charge in [-0.25, -0.2) is 4.98 Å². The Morgan fingerprint density at radius 3 is 2.44 bits per heavy atom. The fourth-order valence-corrected chi connectivity index (χ4v) is 4.71. The molecule has 1 aliphatic rings. The van der Waals surface area contributed by atoms with Crippen molar-refractivity contribution in [2.24, 2.45) is 0 Å². The van der Waals surface area contributed by atoms with Crippen molar-refractivity contribution < 1.29 is 0 Å². The summed E-state index contributed by atoms with van der Waals surface area (Å²) < 4.78 is 1.99. The Kier molecular flexibility index (Phi) is 5.95. The summed E-state index contributed by atoms with van der Waals surface area (Å²) >= 11 is 6.05. The molecule has 0 saturated carbocycles. The Hall–Kier alpha value is -3.82. The van der Waals surface area contributed by atoms with Crippen molar-refractivity contribution in [1.82, 2.24) is 9.55 Å². The minimum absolute atomic E-state index is 0.151. The average Bonchev–Trinajstić information content (AvgIpc) is 2.87. The minimum Gasteiger partial charge on any atom is -0.368 e. The second kappa shape index (κ2) is 9.20. The topological polar surface area (TPSA) is 65.2 Å². The van der Waals surface area contributed by atoms with Gasteiger partial charge in [0.05, 0.1) is 5.52 Å². The van der Waals surface area contributed by atoms with E-state index in [0.717, 1.165) is 54.3 Å². The monoisotopic (exact) mass is 469 g/mol. The summed E-state index contributed by atoms with van der Waals surface area (Å²) in [5.41, 5.74) is 3.94. The zero-order valence-corrected chi connectivity index (χ0v) is 19.7. The van der Waals surface area contributed by atoms with Gasteiger partial charge in [0.1, 0.15) is 17.5 Å². The number of rotatable bonds is 4. The fourth-order valence-electron chi connectivity index (χ4n) is 4.59. The van der Waals surface area contributed by atoms with Gasteiger partial charge < -0.3 is 14.4 Å². The van der Waals surface area contributed by atoms with Crippen molar-refractivity contribution in [2.75, 3.05) is 36.0 Å². The van der Waals surface area contributed by atoms with Crippen molar-refractivity contribution in [2.45, 2.75) is 13.5 Å². The molecule has 4 aromatic rings. The van der Waals surface area contributed by atoms with Gasteiger partial charge in [-0.05, 0) is 54.4 Å². The van der Waals surface area contributed by atoms with Crippen molar-refractivity contribution in [1.29, 1.82) is 5.26 Å². The van der Waals surface area contributed by atoms with Crippen LogP contribution in [0.1, 0.15) is 16.7 Å². The van der Waals surface area contributed by atoms with Gasteiger partial charge in [-0.3, -0.25) is 4.79 Å². The Morgan fingerprint density at radius 1 is 1.03 bits per heavy atom. The molecule has 0 unspecified atom stereocenters. The van der Waals surface area contributed by atoms with Crippen LogP contribution in [0.5, 0.6) is 0 Å². The summed E-state index contributed by atoms with van der Waals surface area (Å²) in [5.74, 6) is 0.998. The Morgan fingerprint density at radius 2 is 1.76 bits per heavy atom. The number of halogens is 1. The molecule has 5 rings (SSSR count). The molecule has 170 valence electrons. The predicted octanol–water partition coefficient (Wildman–Crippen LogP) is 4.60. The van der Waals surface area contributed by atoms with E-state index in [-0.39, 0.29) is 11.0 Å². The molecule has 6 nitrogen and oxygen atoms in total. The molecule has 0 spiro atoms. The average molecular weight is 470 g/mol. The van der Waals surface area contributed by atoms with Crippen LogP contribution < -0.4 is 15.2 Å². The lowest BCUT2D eigenvalue weighted by Gasteiger charge is -2.37. The minimum atomic E-state index is -0.223. The highest BCUT2D eigenvalue weighted by atomic mass is 35.5. The van der Waals surface area contributed by atoms with Crippen LogP contribution in [0.15, 0.2) is 71.8 Å². The number of piperazine rings is 1. The van der Waals surface area contributed by atoms with Crippen molar-refractivity contribution >= 4 is 34.0 Å². The number of aryl methyl sites for hydroxylation is 1. The summed E-state index contributed by atoms with van der Waals surface area (Å²) in [6, 6.07) is 19.7. The van der Waals surface area contributed by atoms with Crippen molar-refractivity contribution in [3.05, 3.63) is 98.9 Å². The van der Waals surface area contributed by atoms with E-state index in [1.54, 1.807) is 6.20 Å². The number of aromatic nitrogens is 2. The first kappa shape index (κ1) is 22.0. The molecule has 1 saturated heterocycles. The molecule has 1 aliphatic heterocycles. The van der Waals surface area contributed by atoms with Gasteiger partial charge in [0.25, 0.3) is 0 Å². The number of fused-ring (bicyclic) bond motifs is 1. The molecule has 7 heteroatoms. The molecule has 0 N–H and O–H groups in total. The van der Waals surface area contributed by atoms with Crippen LogP contribution in [0.3, 0.4) is 0 Å². The third-order valence-corrected chi connectivity index (χ3v) is 6.63. The molecule has 0 atom stereocenters. The van der Waals surface area contributed by atoms with Crippen LogP contribution >= 0.6 is 11.6 Å². The van der Waals surface area contributed by atoms with Crippen molar-refractivity contribution in [3.8, 4) is 6.07 Å². The molecule has 1 fully saturated rings. The Labute approximate surface area is 203 Å². The number of anilines is 2. The Bertz CT molecular complexity index is 1430. The summed E-state index contributed by atoms with van der Waals surface area (Å²) in [6.07, 6.45) is 3.49. The van der Waals surface area contributed by atoms with Gasteiger partial charge >= 0.3 is 0 Å². The van der Waals surface area contributed by atoms with E-state index in [9.17, 15) is 10.1 Å². The summed E-state index contributed by atoms with van der Waals surface area (Å²) in [5, 5.41) is 10.8. The summed E-state index contributed by atoms with van der Waals surface area (Å²) in [6.45, 7) is 6.04. The zero-order valence-electron chi connectivity index (χ0n) is 18.9. The highest BCUT2D eigenvalue weighted by molar-refractivity contribution is 6.30. The summed E-state index contributed by atoms with van der Waals surface area (Å²) in [7, 11) is 0. The number of nitriles is 1. The number of hydrogen-bond acceptors (Lipinski definition) is 5. The molecule has 34 heavy (non-hydrogen) atoms. The number of benzene rings is 2. The predicted molar refractivity (Wildman–Crippen MR) is 137 cm³/mol. The van der Waals surface area contributed by atoms with E-state index in [1.165, 1.54) is 0 Å². The van der Waals surface area contributed by atoms with Gasteiger partial charge in [0.2, 0.25) is 5.43 Å². The van der Waals surface area contributed by atoms with Gasteiger partial charge in [-0.15, -0.1) is 0 Å². The number of nitrogens with zero attached hydrogens (tertiary/aromatic N) is 5. The highest BCUT2D eigenvalue weighted by Gasteiger charge is 2.21. The first-order valence-electron chi connectivity index (χ1n) is 11.3. The maximum atomic E-state index is 13.0. The molecular weight excluding hydrogens is 446 g/mol. The smallest absolute Gasteiger partial charge is 0.207 e. The zero-order chi connectivity index (χ0) is 23.7. The van der Waals surface area contributed by atoms with E-state index in [2.05, 4.69) is 26.9 Å². The van der Waals surface area contributed by atoms with Crippen LogP contribution in [0.25, 0.3) is 10.9 Å². The quantitative estimate of drug-likeness (QED) is 0.437. The van der Waals surface area contributed by atoms with E-state index in [0.29, 0.717) is 17.0 Å². The van der Waals surface area contributed by atoms with E-state index in [4.69, 9.17) is 11.6 Å². The Balaban J connectivity index is 1.51. The molecule has 2 aromatic carbocycles. The molecule has 2 aromatic heterocycles. The lowest BCUT2D eigenvalue weighted by atomic mass is 10.0. The number of hydrogen-bond donors (Lipinski definition) is 0. The van der Waals surface area contributed by atoms with Crippen LogP contribution in [-0.4, -0.2) is 35.7 Å². The number of pyridine rings is 2. The first-order chi connectivity index (χ1) is 16.5. The second-order valence-electron chi connectivity index (χ2n) is 8.56. The largest absolute Gasteiger partial charge is 0.368 e. The van der Waals surface area contributed by atoms with Crippen LogP contribution in [-0.2, 0) is 6.54 Å². The SMILES string of the molecule is Cc1cc2c(=O)c(C#N)cn(Cc3ccc(Cl)cc3)c2cc1N1CCN(c2ccccn2)CC1. The lowest BCUT2D eigenvalue weighted by Crippen LogP contribution is -2.47. The molecular formula is C27H24ClN5O.